The van der Waals surface area contributed by atoms with Crippen LogP contribution in [0.5, 0.6) is 0 Å². The maximum Gasteiger partial charge on any atom is 0.413 e. The maximum atomic E-state index is 14.3. The van der Waals surface area contributed by atoms with Gasteiger partial charge in [0.15, 0.2) is 0 Å². The summed E-state index contributed by atoms with van der Waals surface area (Å²) in [5.41, 5.74) is 2.65. The smallest absolute Gasteiger partial charge is 0.413 e. The van der Waals surface area contributed by atoms with Crippen molar-refractivity contribution in [3.8, 4) is 11.1 Å². The van der Waals surface area contributed by atoms with Gasteiger partial charge in [-0.2, -0.15) is 0 Å². The van der Waals surface area contributed by atoms with Gasteiger partial charge in [-0.1, -0.05) is 12.1 Å². The number of nitrogens with zero attached hydrogens (tertiary/aromatic N) is 3. The van der Waals surface area contributed by atoms with E-state index in [1.807, 2.05) is 0 Å². The van der Waals surface area contributed by atoms with E-state index in [1.54, 1.807) is 43.9 Å². The molecule has 1 aliphatic rings. The van der Waals surface area contributed by atoms with Crippen LogP contribution in [0.2, 0.25) is 0 Å². The SMILES string of the molecule is COCC(COC)N(Cc1ccc(-c2c(F)cccc2F)cn1)C(=O)c1cc2nc(NC(=O)OC(C)(C)C)c3c(c2[nH]1)COC3. The molecule has 2 amide bonds. The Labute approximate surface area is 258 Å². The van der Waals surface area contributed by atoms with Gasteiger partial charge in [-0.3, -0.25) is 15.1 Å². The minimum atomic E-state index is -0.699. The number of carbonyl (C=O) groups is 2. The lowest BCUT2D eigenvalue weighted by Gasteiger charge is -2.30. The molecule has 4 aromatic rings. The topological polar surface area (TPSA) is 128 Å². The second kappa shape index (κ2) is 13.3. The number of ether oxygens (including phenoxy) is 4. The molecule has 3 aromatic heterocycles. The number of pyridine rings is 2. The Morgan fingerprint density at radius 3 is 2.38 bits per heavy atom. The third-order valence-corrected chi connectivity index (χ3v) is 7.15. The van der Waals surface area contributed by atoms with Crippen molar-refractivity contribution in [2.75, 3.05) is 32.8 Å². The van der Waals surface area contributed by atoms with Crippen LogP contribution in [-0.4, -0.2) is 70.9 Å². The van der Waals surface area contributed by atoms with Gasteiger partial charge in [0.2, 0.25) is 0 Å². The highest BCUT2D eigenvalue weighted by Gasteiger charge is 2.30. The second-order valence-corrected chi connectivity index (χ2v) is 11.6. The van der Waals surface area contributed by atoms with Gasteiger partial charge in [-0.25, -0.2) is 18.6 Å². The molecule has 0 saturated carbocycles. The van der Waals surface area contributed by atoms with Gasteiger partial charge in [-0.05, 0) is 45.0 Å². The summed E-state index contributed by atoms with van der Waals surface area (Å²) in [6, 6.07) is 7.94. The van der Waals surface area contributed by atoms with Crippen LogP contribution >= 0.6 is 0 Å². The van der Waals surface area contributed by atoms with E-state index in [9.17, 15) is 18.4 Å². The van der Waals surface area contributed by atoms with Gasteiger partial charge in [0.25, 0.3) is 5.91 Å². The van der Waals surface area contributed by atoms with Crippen LogP contribution in [0.25, 0.3) is 22.2 Å². The predicted octanol–water partition coefficient (Wildman–Crippen LogP) is 5.58. The molecule has 1 aromatic carbocycles. The number of hydrogen-bond donors (Lipinski definition) is 2. The lowest BCUT2D eigenvalue weighted by Crippen LogP contribution is -2.45. The Hall–Kier alpha value is -4.46. The van der Waals surface area contributed by atoms with Crippen LogP contribution in [-0.2, 0) is 38.7 Å². The van der Waals surface area contributed by atoms with Gasteiger partial charge in [0, 0.05) is 37.1 Å². The van der Waals surface area contributed by atoms with E-state index in [4.69, 9.17) is 18.9 Å². The second-order valence-electron chi connectivity index (χ2n) is 11.6. The van der Waals surface area contributed by atoms with Gasteiger partial charge in [-0.15, -0.1) is 0 Å². The highest BCUT2D eigenvalue weighted by molar-refractivity contribution is 5.99. The van der Waals surface area contributed by atoms with E-state index < -0.39 is 29.4 Å². The Bertz CT molecular complexity index is 1680. The van der Waals surface area contributed by atoms with Crippen LogP contribution in [0.4, 0.5) is 19.4 Å². The third-order valence-electron chi connectivity index (χ3n) is 7.15. The van der Waals surface area contributed by atoms with Crippen molar-refractivity contribution in [1.82, 2.24) is 19.9 Å². The van der Waals surface area contributed by atoms with Crippen molar-refractivity contribution in [2.45, 2.75) is 52.2 Å². The summed E-state index contributed by atoms with van der Waals surface area (Å²) in [4.78, 5) is 40.4. The third kappa shape index (κ3) is 7.11. The van der Waals surface area contributed by atoms with E-state index >= 15 is 0 Å². The average Bonchev–Trinajstić information content (AvgIpc) is 3.63. The fraction of sp³-hybridized carbons (Fsp3) is 0.375. The van der Waals surface area contributed by atoms with Crippen LogP contribution in [0, 0.1) is 11.6 Å². The minimum absolute atomic E-state index is 0.0473. The number of amides is 2. The number of methoxy groups -OCH3 is 2. The molecule has 13 heteroatoms. The number of benzene rings is 1. The molecule has 2 N–H and O–H groups in total. The van der Waals surface area contributed by atoms with Crippen LogP contribution in [0.3, 0.4) is 0 Å². The summed E-state index contributed by atoms with van der Waals surface area (Å²) in [6.45, 7) is 6.18. The van der Waals surface area contributed by atoms with Crippen molar-refractivity contribution < 1.29 is 37.3 Å². The molecule has 0 saturated heterocycles. The van der Waals surface area contributed by atoms with Crippen LogP contribution in [0.1, 0.15) is 48.1 Å². The average molecular weight is 624 g/mol. The number of rotatable bonds is 10. The first-order valence-corrected chi connectivity index (χ1v) is 14.3. The Balaban J connectivity index is 1.47. The Morgan fingerprint density at radius 2 is 1.76 bits per heavy atom. The molecule has 0 atom stereocenters. The molecule has 0 fully saturated rings. The summed E-state index contributed by atoms with van der Waals surface area (Å²) >= 11 is 0. The van der Waals surface area contributed by atoms with Crippen LogP contribution < -0.4 is 5.32 Å². The Morgan fingerprint density at radius 1 is 1.07 bits per heavy atom. The lowest BCUT2D eigenvalue weighted by molar-refractivity contribution is 0.0252. The first-order chi connectivity index (χ1) is 21.5. The highest BCUT2D eigenvalue weighted by Crippen LogP contribution is 2.33. The number of nitrogens with one attached hydrogen (secondary N) is 2. The van der Waals surface area contributed by atoms with Gasteiger partial charge >= 0.3 is 6.09 Å². The van der Waals surface area contributed by atoms with E-state index in [2.05, 4.69) is 20.3 Å². The quantitative estimate of drug-likeness (QED) is 0.234. The number of H-pyrrole nitrogens is 1. The fourth-order valence-corrected chi connectivity index (χ4v) is 5.18. The van der Waals surface area contributed by atoms with E-state index in [-0.39, 0.29) is 55.7 Å². The monoisotopic (exact) mass is 623 g/mol. The zero-order valence-corrected chi connectivity index (χ0v) is 25.7. The van der Waals surface area contributed by atoms with E-state index in [0.29, 0.717) is 28.1 Å². The van der Waals surface area contributed by atoms with Crippen molar-refractivity contribution in [3.63, 3.8) is 0 Å². The first kappa shape index (κ1) is 31.9. The molecule has 238 valence electrons. The standard InChI is InChI=1S/C32H35F2N5O6/c1-32(2,3)45-31(41)38-29-22-17-44-16-21(22)28-25(37-29)11-26(36-28)30(40)39(20(14-42-4)15-43-5)13-19-10-9-18(12-35-19)27-23(33)7-6-8-24(27)34/h6-12,20,36H,13-17H2,1-5H3,(H,37,38,41). The van der Waals surface area contributed by atoms with Crippen molar-refractivity contribution in [2.24, 2.45) is 0 Å². The van der Waals surface area contributed by atoms with Crippen molar-refractivity contribution in [3.05, 3.63) is 76.7 Å². The van der Waals surface area contributed by atoms with Crippen molar-refractivity contribution >= 4 is 28.9 Å². The molecular weight excluding hydrogens is 588 g/mol. The summed E-state index contributed by atoms with van der Waals surface area (Å²) < 4.78 is 50.6. The molecule has 11 nitrogen and oxygen atoms in total. The summed E-state index contributed by atoms with van der Waals surface area (Å²) in [6.07, 6.45) is 0.718. The largest absolute Gasteiger partial charge is 0.444 e. The molecule has 4 heterocycles. The molecule has 1 aliphatic heterocycles. The summed E-state index contributed by atoms with van der Waals surface area (Å²) in [5.74, 6) is -1.48. The molecule has 45 heavy (non-hydrogen) atoms. The predicted molar refractivity (Wildman–Crippen MR) is 161 cm³/mol. The van der Waals surface area contributed by atoms with Gasteiger partial charge in [0.1, 0.15) is 28.7 Å². The molecule has 5 rings (SSSR count). The normalized spacial score (nSPS) is 12.9. The number of anilines is 1. The molecular formula is C32H35F2N5O6. The van der Waals surface area contributed by atoms with Gasteiger partial charge < -0.3 is 28.8 Å². The van der Waals surface area contributed by atoms with E-state index in [1.165, 1.54) is 38.6 Å². The number of fused-ring (bicyclic) bond motifs is 3. The molecule has 0 radical (unpaired) electrons. The number of aromatic amines is 1. The molecule has 0 bridgehead atoms. The number of hydrogen-bond acceptors (Lipinski definition) is 8. The molecule has 0 unspecified atom stereocenters. The van der Waals surface area contributed by atoms with Crippen LogP contribution in [0.15, 0.2) is 42.6 Å². The Kier molecular flexibility index (Phi) is 9.42. The number of carbonyl (C=O) groups excluding carboxylic acids is 2. The number of aromatic nitrogens is 3. The molecule has 0 spiro atoms. The zero-order chi connectivity index (χ0) is 32.3. The zero-order valence-electron chi connectivity index (χ0n) is 25.7. The lowest BCUT2D eigenvalue weighted by atomic mass is 10.1. The minimum Gasteiger partial charge on any atom is -0.444 e. The van der Waals surface area contributed by atoms with Crippen molar-refractivity contribution in [1.29, 1.82) is 0 Å². The summed E-state index contributed by atoms with van der Waals surface area (Å²) in [5, 5.41) is 2.71. The number of halogens is 2. The van der Waals surface area contributed by atoms with E-state index in [0.717, 1.165) is 5.56 Å². The molecule has 0 aliphatic carbocycles. The summed E-state index contributed by atoms with van der Waals surface area (Å²) in [7, 11) is 3.05. The maximum absolute atomic E-state index is 14.3. The first-order valence-electron chi connectivity index (χ1n) is 14.3. The fourth-order valence-electron chi connectivity index (χ4n) is 5.18. The van der Waals surface area contributed by atoms with Gasteiger partial charge in [0.05, 0.1) is 61.3 Å². The highest BCUT2D eigenvalue weighted by atomic mass is 19.1.